The molecule has 0 spiro atoms. The maximum atomic E-state index is 12.3. The Hall–Kier alpha value is -1.87. The van der Waals surface area contributed by atoms with Gasteiger partial charge in [-0.25, -0.2) is 0 Å². The lowest BCUT2D eigenvalue weighted by molar-refractivity contribution is 0.0939. The van der Waals surface area contributed by atoms with Crippen LogP contribution in [0.3, 0.4) is 0 Å². The zero-order valence-corrected chi connectivity index (χ0v) is 12.4. The van der Waals surface area contributed by atoms with E-state index in [9.17, 15) is 4.79 Å². The fraction of sp³-hybridized carbons (Fsp3) is 0.389. The molecule has 2 aromatic carbocycles. The summed E-state index contributed by atoms with van der Waals surface area (Å²) in [7, 11) is 0. The average Bonchev–Trinajstić information content (AvgIpc) is 2.53. The molecule has 2 atom stereocenters. The summed E-state index contributed by atoms with van der Waals surface area (Å²) in [6, 6.07) is 14.0. The number of benzene rings is 2. The molecule has 0 aromatic heterocycles. The van der Waals surface area contributed by atoms with E-state index in [0.29, 0.717) is 11.8 Å². The fourth-order valence-electron chi connectivity index (χ4n) is 2.98. The van der Waals surface area contributed by atoms with Crippen LogP contribution in [0.5, 0.6) is 0 Å². The number of hydrogen-bond acceptors (Lipinski definition) is 2. The van der Waals surface area contributed by atoms with Crippen LogP contribution in [0.2, 0.25) is 0 Å². The van der Waals surface area contributed by atoms with Gasteiger partial charge in [-0.1, -0.05) is 37.3 Å². The summed E-state index contributed by atoms with van der Waals surface area (Å²) in [5, 5.41) is 8.76. The maximum absolute atomic E-state index is 12.3. The number of nitrogens with one attached hydrogen (secondary N) is 2. The van der Waals surface area contributed by atoms with Gasteiger partial charge in [0.25, 0.3) is 5.91 Å². The van der Waals surface area contributed by atoms with Crippen molar-refractivity contribution in [2.24, 2.45) is 11.8 Å². The predicted octanol–water partition coefficient (Wildman–Crippen LogP) is 2.82. The summed E-state index contributed by atoms with van der Waals surface area (Å²) >= 11 is 0. The Kier molecular flexibility index (Phi) is 4.20. The Labute approximate surface area is 125 Å². The second kappa shape index (κ2) is 6.27. The van der Waals surface area contributed by atoms with Gasteiger partial charge in [0.05, 0.1) is 0 Å². The van der Waals surface area contributed by atoms with E-state index in [-0.39, 0.29) is 5.91 Å². The summed E-state index contributed by atoms with van der Waals surface area (Å²) in [6.45, 7) is 5.11. The number of hydrogen-bond donors (Lipinski definition) is 2. The third-order valence-electron chi connectivity index (χ3n) is 4.52. The summed E-state index contributed by atoms with van der Waals surface area (Å²) in [5.74, 6) is 1.23. The van der Waals surface area contributed by atoms with E-state index in [1.807, 2.05) is 36.4 Å². The van der Waals surface area contributed by atoms with E-state index in [2.05, 4.69) is 23.6 Å². The molecule has 21 heavy (non-hydrogen) atoms. The van der Waals surface area contributed by atoms with Crippen molar-refractivity contribution in [3.8, 4) is 0 Å². The van der Waals surface area contributed by atoms with E-state index >= 15 is 0 Å². The molecule has 1 fully saturated rings. The molecule has 0 radical (unpaired) electrons. The molecule has 3 rings (SSSR count). The normalized spacial score (nSPS) is 22.1. The van der Waals surface area contributed by atoms with Gasteiger partial charge in [0.1, 0.15) is 0 Å². The lowest BCUT2D eigenvalue weighted by Crippen LogP contribution is -2.42. The van der Waals surface area contributed by atoms with Crippen molar-refractivity contribution in [2.75, 3.05) is 19.6 Å². The lowest BCUT2D eigenvalue weighted by atomic mass is 9.88. The van der Waals surface area contributed by atoms with Gasteiger partial charge in [0.15, 0.2) is 0 Å². The van der Waals surface area contributed by atoms with E-state index in [0.717, 1.165) is 30.6 Å². The number of carbonyl (C=O) groups excluding carboxylic acids is 1. The topological polar surface area (TPSA) is 41.1 Å². The molecule has 1 aliphatic heterocycles. The minimum absolute atomic E-state index is 0.0264. The summed E-state index contributed by atoms with van der Waals surface area (Å²) < 4.78 is 0. The number of amides is 1. The molecule has 1 aliphatic rings. The highest BCUT2D eigenvalue weighted by Gasteiger charge is 2.21. The third kappa shape index (κ3) is 3.24. The predicted molar refractivity (Wildman–Crippen MR) is 86.4 cm³/mol. The number of piperidine rings is 1. The number of rotatable bonds is 3. The molecule has 2 N–H and O–H groups in total. The monoisotopic (exact) mass is 282 g/mol. The van der Waals surface area contributed by atoms with Crippen LogP contribution in [0.4, 0.5) is 0 Å². The molecular weight excluding hydrogens is 260 g/mol. The van der Waals surface area contributed by atoms with Gasteiger partial charge < -0.3 is 10.6 Å². The van der Waals surface area contributed by atoms with Crippen LogP contribution in [-0.4, -0.2) is 25.5 Å². The molecule has 1 saturated heterocycles. The van der Waals surface area contributed by atoms with Gasteiger partial charge in [-0.15, -0.1) is 0 Å². The van der Waals surface area contributed by atoms with E-state index in [1.165, 1.54) is 11.8 Å². The van der Waals surface area contributed by atoms with Crippen molar-refractivity contribution in [2.45, 2.75) is 13.3 Å². The van der Waals surface area contributed by atoms with Gasteiger partial charge in [0, 0.05) is 12.1 Å². The van der Waals surface area contributed by atoms with Crippen LogP contribution in [0.1, 0.15) is 23.7 Å². The molecule has 0 saturated carbocycles. The quantitative estimate of drug-likeness (QED) is 0.909. The Bertz CT molecular complexity index is 638. The first-order valence-electron chi connectivity index (χ1n) is 7.72. The highest BCUT2D eigenvalue weighted by molar-refractivity contribution is 5.98. The highest BCUT2D eigenvalue weighted by atomic mass is 16.1. The molecule has 1 heterocycles. The molecule has 0 aliphatic carbocycles. The molecule has 3 heteroatoms. The molecule has 110 valence electrons. The van der Waals surface area contributed by atoms with Crippen LogP contribution in [0.25, 0.3) is 10.8 Å². The van der Waals surface area contributed by atoms with Crippen molar-refractivity contribution in [1.82, 2.24) is 10.6 Å². The van der Waals surface area contributed by atoms with E-state index in [4.69, 9.17) is 0 Å². The van der Waals surface area contributed by atoms with Crippen LogP contribution in [0, 0.1) is 11.8 Å². The fourth-order valence-corrected chi connectivity index (χ4v) is 2.98. The summed E-state index contributed by atoms with van der Waals surface area (Å²) in [6.07, 6.45) is 1.19. The molecular formula is C18H22N2O. The first-order valence-corrected chi connectivity index (χ1v) is 7.72. The van der Waals surface area contributed by atoms with Crippen molar-refractivity contribution >= 4 is 16.7 Å². The Morgan fingerprint density at radius 2 is 2.05 bits per heavy atom. The first-order chi connectivity index (χ1) is 10.2. The van der Waals surface area contributed by atoms with Gasteiger partial charge in [-0.2, -0.15) is 0 Å². The van der Waals surface area contributed by atoms with Crippen LogP contribution >= 0.6 is 0 Å². The largest absolute Gasteiger partial charge is 0.352 e. The molecule has 1 amide bonds. The van der Waals surface area contributed by atoms with Crippen LogP contribution < -0.4 is 10.6 Å². The van der Waals surface area contributed by atoms with Crippen molar-refractivity contribution in [1.29, 1.82) is 0 Å². The molecule has 0 bridgehead atoms. The van der Waals surface area contributed by atoms with Gasteiger partial charge in [-0.3, -0.25) is 4.79 Å². The Balaban J connectivity index is 1.66. The second-order valence-electron chi connectivity index (χ2n) is 6.00. The van der Waals surface area contributed by atoms with Crippen molar-refractivity contribution < 1.29 is 4.79 Å². The smallest absolute Gasteiger partial charge is 0.251 e. The SMILES string of the molecule is CC1CCNCC1CNC(=O)c1ccc2ccccc2c1. The van der Waals surface area contributed by atoms with Crippen molar-refractivity contribution in [3.63, 3.8) is 0 Å². The summed E-state index contributed by atoms with van der Waals surface area (Å²) in [5.41, 5.74) is 0.741. The van der Waals surface area contributed by atoms with E-state index < -0.39 is 0 Å². The first kappa shape index (κ1) is 14.1. The maximum Gasteiger partial charge on any atom is 0.251 e. The average molecular weight is 282 g/mol. The third-order valence-corrected chi connectivity index (χ3v) is 4.52. The van der Waals surface area contributed by atoms with Gasteiger partial charge >= 0.3 is 0 Å². The van der Waals surface area contributed by atoms with Gasteiger partial charge in [0.2, 0.25) is 0 Å². The van der Waals surface area contributed by atoms with Crippen LogP contribution in [-0.2, 0) is 0 Å². The zero-order chi connectivity index (χ0) is 14.7. The van der Waals surface area contributed by atoms with E-state index in [1.54, 1.807) is 0 Å². The Morgan fingerprint density at radius 3 is 2.86 bits per heavy atom. The Morgan fingerprint density at radius 1 is 1.24 bits per heavy atom. The zero-order valence-electron chi connectivity index (χ0n) is 12.4. The lowest BCUT2D eigenvalue weighted by Gasteiger charge is -2.29. The number of carbonyl (C=O) groups is 1. The molecule has 2 unspecified atom stereocenters. The summed E-state index contributed by atoms with van der Waals surface area (Å²) in [4.78, 5) is 12.3. The van der Waals surface area contributed by atoms with Crippen LogP contribution in [0.15, 0.2) is 42.5 Å². The second-order valence-corrected chi connectivity index (χ2v) is 6.00. The molecule has 3 nitrogen and oxygen atoms in total. The minimum atomic E-state index is 0.0264. The number of fused-ring (bicyclic) bond motifs is 1. The minimum Gasteiger partial charge on any atom is -0.352 e. The standard InChI is InChI=1S/C18H22N2O/c1-13-8-9-19-11-17(13)12-20-18(21)16-7-6-14-4-2-3-5-15(14)10-16/h2-7,10,13,17,19H,8-9,11-12H2,1H3,(H,20,21). The molecule has 2 aromatic rings. The van der Waals surface area contributed by atoms with Crippen molar-refractivity contribution in [3.05, 3.63) is 48.0 Å². The van der Waals surface area contributed by atoms with Gasteiger partial charge in [-0.05, 0) is 54.3 Å². The highest BCUT2D eigenvalue weighted by Crippen LogP contribution is 2.18.